The first-order chi connectivity index (χ1) is 7.95. The molecule has 0 unspecified atom stereocenters. The van der Waals surface area contributed by atoms with Gasteiger partial charge in [0.25, 0.3) is 0 Å². The molecule has 0 aliphatic heterocycles. The van der Waals surface area contributed by atoms with Gasteiger partial charge in [0, 0.05) is 6.26 Å². The first-order valence-electron chi connectivity index (χ1n) is 5.02. The highest BCUT2D eigenvalue weighted by Crippen LogP contribution is 2.22. The van der Waals surface area contributed by atoms with Gasteiger partial charge in [0.15, 0.2) is 16.4 Å². The van der Waals surface area contributed by atoms with E-state index >= 15 is 0 Å². The van der Waals surface area contributed by atoms with E-state index in [2.05, 4.69) is 4.74 Å². The Bertz CT molecular complexity index is 492. The maximum atomic E-state index is 11.4. The summed E-state index contributed by atoms with van der Waals surface area (Å²) >= 11 is 0. The number of hydrogen-bond donors (Lipinski definition) is 0. The molecule has 0 atom stereocenters. The number of sulfone groups is 1. The summed E-state index contributed by atoms with van der Waals surface area (Å²) in [4.78, 5) is 11.1. The summed E-state index contributed by atoms with van der Waals surface area (Å²) in [6.07, 6.45) is 1.08. The summed E-state index contributed by atoms with van der Waals surface area (Å²) in [6.45, 7) is 1.64. The number of hydrogen-bond acceptors (Lipinski definition) is 5. The summed E-state index contributed by atoms with van der Waals surface area (Å²) in [5.41, 5.74) is 0. The average molecular weight is 258 g/mol. The number of ether oxygens (including phenoxy) is 2. The topological polar surface area (TPSA) is 69.7 Å². The van der Waals surface area contributed by atoms with Crippen LogP contribution in [0.15, 0.2) is 29.2 Å². The van der Waals surface area contributed by atoms with Crippen LogP contribution in [-0.4, -0.2) is 33.9 Å². The van der Waals surface area contributed by atoms with Crippen molar-refractivity contribution in [2.45, 2.75) is 11.8 Å². The Morgan fingerprint density at radius 1 is 1.29 bits per heavy atom. The third kappa shape index (κ3) is 4.07. The second-order valence-corrected chi connectivity index (χ2v) is 5.30. The molecule has 1 aromatic rings. The highest BCUT2D eigenvalue weighted by atomic mass is 32.2. The largest absolute Gasteiger partial charge is 0.481 e. The molecular weight excluding hydrogens is 244 g/mol. The van der Waals surface area contributed by atoms with Crippen molar-refractivity contribution in [3.05, 3.63) is 24.3 Å². The van der Waals surface area contributed by atoms with Crippen molar-refractivity contribution in [2.24, 2.45) is 0 Å². The average Bonchev–Trinajstić information content (AvgIpc) is 2.26. The molecule has 0 saturated heterocycles. The van der Waals surface area contributed by atoms with Crippen molar-refractivity contribution in [1.29, 1.82) is 0 Å². The summed E-state index contributed by atoms with van der Waals surface area (Å²) in [5.74, 6) is -0.376. The first-order valence-corrected chi connectivity index (χ1v) is 6.91. The Kier molecular flexibility index (Phi) is 4.51. The minimum Gasteiger partial charge on any atom is -0.481 e. The monoisotopic (exact) mass is 258 g/mol. The van der Waals surface area contributed by atoms with Crippen LogP contribution in [0.2, 0.25) is 0 Å². The number of carbonyl (C=O) groups excluding carboxylic acids is 1. The molecule has 6 heteroatoms. The van der Waals surface area contributed by atoms with E-state index in [1.54, 1.807) is 19.1 Å². The Balaban J connectivity index is 2.82. The van der Waals surface area contributed by atoms with Crippen LogP contribution in [-0.2, 0) is 19.4 Å². The van der Waals surface area contributed by atoms with Gasteiger partial charge in [-0.05, 0) is 19.1 Å². The van der Waals surface area contributed by atoms with Gasteiger partial charge in [0.05, 0.1) is 6.61 Å². The van der Waals surface area contributed by atoms with E-state index < -0.39 is 15.8 Å². The fourth-order valence-electron chi connectivity index (χ4n) is 1.22. The summed E-state index contributed by atoms with van der Waals surface area (Å²) in [5, 5.41) is 0. The van der Waals surface area contributed by atoms with Crippen molar-refractivity contribution < 1.29 is 22.7 Å². The van der Waals surface area contributed by atoms with E-state index in [9.17, 15) is 13.2 Å². The number of rotatable bonds is 5. The Labute approximate surface area is 100 Å². The van der Waals surface area contributed by atoms with E-state index in [1.165, 1.54) is 12.1 Å². The van der Waals surface area contributed by atoms with E-state index in [-0.39, 0.29) is 23.9 Å². The van der Waals surface area contributed by atoms with Crippen LogP contribution < -0.4 is 4.74 Å². The van der Waals surface area contributed by atoms with E-state index in [1.807, 2.05) is 0 Å². The third-order valence-corrected chi connectivity index (χ3v) is 3.04. The summed E-state index contributed by atoms with van der Waals surface area (Å²) in [6, 6.07) is 6.15. The van der Waals surface area contributed by atoms with Gasteiger partial charge in [-0.2, -0.15) is 0 Å². The Morgan fingerprint density at radius 2 is 1.94 bits per heavy atom. The second kappa shape index (κ2) is 5.67. The fraction of sp³-hybridized carbons (Fsp3) is 0.364. The maximum absolute atomic E-state index is 11.4. The number of esters is 1. The van der Waals surface area contributed by atoms with Gasteiger partial charge in [0.1, 0.15) is 10.6 Å². The molecule has 0 fully saturated rings. The van der Waals surface area contributed by atoms with Crippen molar-refractivity contribution in [2.75, 3.05) is 19.5 Å². The van der Waals surface area contributed by atoms with Gasteiger partial charge in [-0.15, -0.1) is 0 Å². The molecule has 17 heavy (non-hydrogen) atoms. The quantitative estimate of drug-likeness (QED) is 0.738. The maximum Gasteiger partial charge on any atom is 0.344 e. The van der Waals surface area contributed by atoms with Crippen LogP contribution in [0.1, 0.15) is 6.92 Å². The molecule has 0 aromatic heterocycles. The zero-order chi connectivity index (χ0) is 12.9. The van der Waals surface area contributed by atoms with E-state index in [0.29, 0.717) is 0 Å². The fourth-order valence-corrected chi connectivity index (χ4v) is 2.03. The van der Waals surface area contributed by atoms with Gasteiger partial charge < -0.3 is 9.47 Å². The van der Waals surface area contributed by atoms with Gasteiger partial charge >= 0.3 is 5.97 Å². The van der Waals surface area contributed by atoms with Crippen LogP contribution >= 0.6 is 0 Å². The second-order valence-electron chi connectivity index (χ2n) is 3.31. The van der Waals surface area contributed by atoms with Gasteiger partial charge in [-0.3, -0.25) is 0 Å². The molecule has 1 aromatic carbocycles. The molecule has 5 nitrogen and oxygen atoms in total. The Morgan fingerprint density at radius 3 is 2.53 bits per heavy atom. The molecule has 0 bridgehead atoms. The van der Waals surface area contributed by atoms with Crippen LogP contribution in [0.5, 0.6) is 5.75 Å². The third-order valence-electron chi connectivity index (χ3n) is 1.90. The number of para-hydroxylation sites is 1. The zero-order valence-electron chi connectivity index (χ0n) is 9.67. The lowest BCUT2D eigenvalue weighted by Crippen LogP contribution is -2.15. The van der Waals surface area contributed by atoms with Crippen molar-refractivity contribution in [3.8, 4) is 5.75 Å². The standard InChI is InChI=1S/C11H14O5S/c1-3-15-11(12)8-16-9-6-4-5-7-10(9)17(2,13)14/h4-7H,3,8H2,1-2H3. The van der Waals surface area contributed by atoms with Crippen LogP contribution in [0.25, 0.3) is 0 Å². The minimum atomic E-state index is -3.37. The Hall–Kier alpha value is -1.56. The molecule has 0 heterocycles. The SMILES string of the molecule is CCOC(=O)COc1ccccc1S(C)(=O)=O. The van der Waals surface area contributed by atoms with Crippen LogP contribution in [0.3, 0.4) is 0 Å². The highest BCUT2D eigenvalue weighted by molar-refractivity contribution is 7.90. The molecule has 0 saturated carbocycles. The van der Waals surface area contributed by atoms with Gasteiger partial charge in [0.2, 0.25) is 0 Å². The smallest absolute Gasteiger partial charge is 0.344 e. The first kappa shape index (κ1) is 13.5. The molecule has 94 valence electrons. The molecular formula is C11H14O5S. The molecule has 0 amide bonds. The van der Waals surface area contributed by atoms with Gasteiger partial charge in [-0.1, -0.05) is 12.1 Å². The normalized spacial score (nSPS) is 10.9. The molecule has 0 aliphatic rings. The van der Waals surface area contributed by atoms with E-state index in [4.69, 9.17) is 4.74 Å². The van der Waals surface area contributed by atoms with Crippen molar-refractivity contribution in [1.82, 2.24) is 0 Å². The lowest BCUT2D eigenvalue weighted by Gasteiger charge is -2.09. The van der Waals surface area contributed by atoms with Crippen molar-refractivity contribution in [3.63, 3.8) is 0 Å². The van der Waals surface area contributed by atoms with Crippen molar-refractivity contribution >= 4 is 15.8 Å². The van der Waals surface area contributed by atoms with Gasteiger partial charge in [-0.25, -0.2) is 13.2 Å². The molecule has 0 spiro atoms. The van der Waals surface area contributed by atoms with E-state index in [0.717, 1.165) is 6.26 Å². The van der Waals surface area contributed by atoms with Crippen LogP contribution in [0, 0.1) is 0 Å². The minimum absolute atomic E-state index is 0.0595. The van der Waals surface area contributed by atoms with Crippen LogP contribution in [0.4, 0.5) is 0 Å². The predicted molar refractivity (Wildman–Crippen MR) is 61.7 cm³/mol. The summed E-state index contributed by atoms with van der Waals surface area (Å²) < 4.78 is 32.7. The molecule has 1 rings (SSSR count). The molecule has 0 N–H and O–H groups in total. The highest BCUT2D eigenvalue weighted by Gasteiger charge is 2.14. The lowest BCUT2D eigenvalue weighted by molar-refractivity contribution is -0.145. The summed E-state index contributed by atoms with van der Waals surface area (Å²) in [7, 11) is -3.37. The zero-order valence-corrected chi connectivity index (χ0v) is 10.5. The predicted octanol–water partition coefficient (Wildman–Crippen LogP) is 1.03. The molecule has 0 aliphatic carbocycles. The molecule has 0 radical (unpaired) electrons. The number of carbonyl (C=O) groups is 1. The lowest BCUT2D eigenvalue weighted by atomic mass is 10.3. The number of benzene rings is 1.